The van der Waals surface area contributed by atoms with Crippen molar-refractivity contribution in [3.05, 3.63) is 34.9 Å². The molecule has 2 aliphatic rings. The van der Waals surface area contributed by atoms with Crippen LogP contribution in [0, 0.1) is 6.92 Å². The standard InChI is InChI=1S/C16H22N2O2/c1-11-4-5-14-12(7-11)8-17-10-15(14)16(19)18-9-13-3-2-6-20-13/h4-5,7,13,15,17H,2-3,6,8-10H2,1H3,(H,18,19). The van der Waals surface area contributed by atoms with Gasteiger partial charge >= 0.3 is 0 Å². The van der Waals surface area contributed by atoms with Crippen LogP contribution < -0.4 is 10.6 Å². The highest BCUT2D eigenvalue weighted by molar-refractivity contribution is 5.84. The van der Waals surface area contributed by atoms with Gasteiger partial charge in [0.05, 0.1) is 12.0 Å². The van der Waals surface area contributed by atoms with Crippen molar-refractivity contribution >= 4 is 5.91 Å². The second-order valence-electron chi connectivity index (χ2n) is 5.77. The average molecular weight is 274 g/mol. The highest BCUT2D eigenvalue weighted by atomic mass is 16.5. The summed E-state index contributed by atoms with van der Waals surface area (Å²) in [5, 5.41) is 6.38. The van der Waals surface area contributed by atoms with Crippen LogP contribution in [-0.4, -0.2) is 31.7 Å². The molecule has 0 aliphatic carbocycles. The zero-order chi connectivity index (χ0) is 13.9. The van der Waals surface area contributed by atoms with Crippen LogP contribution >= 0.6 is 0 Å². The lowest BCUT2D eigenvalue weighted by Gasteiger charge is -2.26. The molecule has 2 aliphatic heterocycles. The Balaban J connectivity index is 1.66. The lowest BCUT2D eigenvalue weighted by atomic mass is 9.89. The maximum absolute atomic E-state index is 12.4. The Bertz CT molecular complexity index is 495. The summed E-state index contributed by atoms with van der Waals surface area (Å²) < 4.78 is 5.55. The zero-order valence-corrected chi connectivity index (χ0v) is 11.9. The summed E-state index contributed by atoms with van der Waals surface area (Å²) in [4.78, 5) is 12.4. The Kier molecular flexibility index (Phi) is 4.03. The summed E-state index contributed by atoms with van der Waals surface area (Å²) in [5.41, 5.74) is 3.65. The molecule has 108 valence electrons. The van der Waals surface area contributed by atoms with Gasteiger partial charge in [-0.05, 0) is 30.9 Å². The van der Waals surface area contributed by atoms with Gasteiger partial charge in [-0.3, -0.25) is 4.79 Å². The number of benzene rings is 1. The lowest BCUT2D eigenvalue weighted by Crippen LogP contribution is -2.41. The van der Waals surface area contributed by atoms with E-state index >= 15 is 0 Å². The third-order valence-electron chi connectivity index (χ3n) is 4.18. The van der Waals surface area contributed by atoms with Crippen molar-refractivity contribution in [2.45, 2.75) is 38.3 Å². The van der Waals surface area contributed by atoms with E-state index in [-0.39, 0.29) is 17.9 Å². The molecular weight excluding hydrogens is 252 g/mol. The van der Waals surface area contributed by atoms with Gasteiger partial charge in [-0.1, -0.05) is 23.8 Å². The van der Waals surface area contributed by atoms with Gasteiger partial charge in [0, 0.05) is 26.2 Å². The van der Waals surface area contributed by atoms with Crippen LogP contribution in [0.2, 0.25) is 0 Å². The first-order chi connectivity index (χ1) is 9.74. The van der Waals surface area contributed by atoms with Crippen LogP contribution in [-0.2, 0) is 16.1 Å². The molecule has 0 saturated carbocycles. The first kappa shape index (κ1) is 13.6. The van der Waals surface area contributed by atoms with Crippen molar-refractivity contribution in [2.24, 2.45) is 0 Å². The van der Waals surface area contributed by atoms with E-state index in [0.29, 0.717) is 13.1 Å². The van der Waals surface area contributed by atoms with Gasteiger partial charge in [0.15, 0.2) is 0 Å². The number of hydrogen-bond donors (Lipinski definition) is 2. The van der Waals surface area contributed by atoms with Crippen molar-refractivity contribution in [1.29, 1.82) is 0 Å². The number of rotatable bonds is 3. The minimum absolute atomic E-state index is 0.0826. The Morgan fingerprint density at radius 2 is 2.40 bits per heavy atom. The summed E-state index contributed by atoms with van der Waals surface area (Å²) in [6.07, 6.45) is 2.36. The molecule has 1 saturated heterocycles. The van der Waals surface area contributed by atoms with E-state index in [1.54, 1.807) is 0 Å². The molecule has 1 amide bonds. The molecule has 3 rings (SSSR count). The normalized spacial score (nSPS) is 25.2. The Labute approximate surface area is 119 Å². The van der Waals surface area contributed by atoms with Gasteiger partial charge < -0.3 is 15.4 Å². The molecule has 2 heterocycles. The maximum Gasteiger partial charge on any atom is 0.228 e. The largest absolute Gasteiger partial charge is 0.376 e. The molecule has 2 unspecified atom stereocenters. The molecule has 1 aromatic carbocycles. The van der Waals surface area contributed by atoms with Gasteiger partial charge in [0.25, 0.3) is 0 Å². The van der Waals surface area contributed by atoms with E-state index in [0.717, 1.165) is 26.0 Å². The SMILES string of the molecule is Cc1ccc2c(c1)CNCC2C(=O)NCC1CCCO1. The fourth-order valence-corrected chi connectivity index (χ4v) is 3.07. The van der Waals surface area contributed by atoms with E-state index in [9.17, 15) is 4.79 Å². The summed E-state index contributed by atoms with van der Waals surface area (Å²) in [7, 11) is 0. The Morgan fingerprint density at radius 3 is 3.20 bits per heavy atom. The summed E-state index contributed by atoms with van der Waals surface area (Å²) in [6.45, 7) is 5.12. The van der Waals surface area contributed by atoms with Crippen LogP contribution in [0.25, 0.3) is 0 Å². The number of fused-ring (bicyclic) bond motifs is 1. The molecule has 2 N–H and O–H groups in total. The molecule has 4 heteroatoms. The van der Waals surface area contributed by atoms with Crippen LogP contribution in [0.15, 0.2) is 18.2 Å². The fourth-order valence-electron chi connectivity index (χ4n) is 3.07. The van der Waals surface area contributed by atoms with Crippen molar-refractivity contribution in [2.75, 3.05) is 19.7 Å². The molecule has 0 bridgehead atoms. The average Bonchev–Trinajstić information content (AvgIpc) is 2.97. The second kappa shape index (κ2) is 5.94. The summed E-state index contributed by atoms with van der Waals surface area (Å²) >= 11 is 0. The minimum atomic E-state index is -0.0826. The van der Waals surface area contributed by atoms with Gasteiger partial charge in [0.2, 0.25) is 5.91 Å². The third kappa shape index (κ3) is 2.86. The van der Waals surface area contributed by atoms with Gasteiger partial charge in [-0.25, -0.2) is 0 Å². The minimum Gasteiger partial charge on any atom is -0.376 e. The quantitative estimate of drug-likeness (QED) is 0.878. The smallest absolute Gasteiger partial charge is 0.228 e. The van der Waals surface area contributed by atoms with E-state index in [4.69, 9.17) is 4.74 Å². The molecule has 20 heavy (non-hydrogen) atoms. The Hall–Kier alpha value is -1.39. The highest BCUT2D eigenvalue weighted by Gasteiger charge is 2.27. The first-order valence-electron chi connectivity index (χ1n) is 7.43. The lowest BCUT2D eigenvalue weighted by molar-refractivity contribution is -0.123. The zero-order valence-electron chi connectivity index (χ0n) is 11.9. The monoisotopic (exact) mass is 274 g/mol. The predicted molar refractivity (Wildman–Crippen MR) is 77.6 cm³/mol. The van der Waals surface area contributed by atoms with Crippen molar-refractivity contribution in [3.8, 4) is 0 Å². The molecule has 0 spiro atoms. The number of ether oxygens (including phenoxy) is 1. The summed E-state index contributed by atoms with van der Waals surface area (Å²) in [5.74, 6) is 0.0264. The first-order valence-corrected chi connectivity index (χ1v) is 7.43. The molecule has 1 aromatic rings. The third-order valence-corrected chi connectivity index (χ3v) is 4.18. The van der Waals surface area contributed by atoms with Crippen LogP contribution in [0.5, 0.6) is 0 Å². The number of hydrogen-bond acceptors (Lipinski definition) is 3. The molecule has 0 aromatic heterocycles. The van der Waals surface area contributed by atoms with Crippen LogP contribution in [0.1, 0.15) is 35.4 Å². The van der Waals surface area contributed by atoms with Gasteiger partial charge in [0.1, 0.15) is 0 Å². The van der Waals surface area contributed by atoms with E-state index < -0.39 is 0 Å². The van der Waals surface area contributed by atoms with Crippen LogP contribution in [0.3, 0.4) is 0 Å². The van der Waals surface area contributed by atoms with E-state index in [1.165, 1.54) is 16.7 Å². The molecule has 2 atom stereocenters. The maximum atomic E-state index is 12.4. The molecular formula is C16H22N2O2. The van der Waals surface area contributed by atoms with Gasteiger partial charge in [-0.15, -0.1) is 0 Å². The van der Waals surface area contributed by atoms with Crippen molar-refractivity contribution < 1.29 is 9.53 Å². The van der Waals surface area contributed by atoms with Crippen molar-refractivity contribution in [3.63, 3.8) is 0 Å². The Morgan fingerprint density at radius 1 is 1.50 bits per heavy atom. The predicted octanol–water partition coefficient (Wildman–Crippen LogP) is 1.48. The number of carbonyl (C=O) groups excluding carboxylic acids is 1. The van der Waals surface area contributed by atoms with Crippen molar-refractivity contribution in [1.82, 2.24) is 10.6 Å². The van der Waals surface area contributed by atoms with Gasteiger partial charge in [-0.2, -0.15) is 0 Å². The molecule has 4 nitrogen and oxygen atoms in total. The number of amides is 1. The molecule has 0 radical (unpaired) electrons. The van der Waals surface area contributed by atoms with Crippen LogP contribution in [0.4, 0.5) is 0 Å². The fraction of sp³-hybridized carbons (Fsp3) is 0.562. The number of carbonyl (C=O) groups is 1. The van der Waals surface area contributed by atoms with E-state index in [2.05, 4.69) is 35.8 Å². The number of aryl methyl sites for hydroxylation is 1. The second-order valence-corrected chi connectivity index (χ2v) is 5.77. The topological polar surface area (TPSA) is 50.4 Å². The van der Waals surface area contributed by atoms with E-state index in [1.807, 2.05) is 0 Å². The highest BCUT2D eigenvalue weighted by Crippen LogP contribution is 2.25. The number of nitrogens with one attached hydrogen (secondary N) is 2. The summed E-state index contributed by atoms with van der Waals surface area (Å²) in [6, 6.07) is 6.36. The molecule has 1 fully saturated rings.